The van der Waals surface area contributed by atoms with Crippen LogP contribution in [0.1, 0.15) is 36.1 Å². The zero-order chi connectivity index (χ0) is 12.5. The van der Waals surface area contributed by atoms with E-state index in [2.05, 4.69) is 39.6 Å². The third-order valence-corrected chi connectivity index (χ3v) is 5.61. The van der Waals surface area contributed by atoms with Crippen LogP contribution in [0.15, 0.2) is 16.6 Å². The Bertz CT molecular complexity index is 665. The van der Waals surface area contributed by atoms with Gasteiger partial charge >= 0.3 is 0 Å². The van der Waals surface area contributed by atoms with Gasteiger partial charge in [0, 0.05) is 27.6 Å². The van der Waals surface area contributed by atoms with Crippen LogP contribution in [-0.4, -0.2) is 4.57 Å². The molecule has 2 aliphatic rings. The van der Waals surface area contributed by atoms with Crippen molar-refractivity contribution in [3.05, 3.63) is 33.4 Å². The van der Waals surface area contributed by atoms with Gasteiger partial charge in [0.05, 0.1) is 5.52 Å². The van der Waals surface area contributed by atoms with Crippen molar-refractivity contribution in [2.75, 3.05) is 0 Å². The number of halogens is 1. The fourth-order valence-electron chi connectivity index (χ4n) is 3.27. The van der Waals surface area contributed by atoms with E-state index in [4.69, 9.17) is 5.73 Å². The van der Waals surface area contributed by atoms with Crippen molar-refractivity contribution in [1.82, 2.24) is 4.57 Å². The van der Waals surface area contributed by atoms with Gasteiger partial charge in [0.25, 0.3) is 0 Å². The lowest BCUT2D eigenvalue weighted by molar-refractivity contribution is 0.620. The van der Waals surface area contributed by atoms with Gasteiger partial charge in [0.1, 0.15) is 0 Å². The number of benzene rings is 1. The molecule has 0 saturated heterocycles. The van der Waals surface area contributed by atoms with Crippen molar-refractivity contribution in [2.45, 2.75) is 44.7 Å². The molecule has 0 bridgehead atoms. The summed E-state index contributed by atoms with van der Waals surface area (Å²) >= 11 is 3.76. The second kappa shape index (κ2) is 3.40. The van der Waals surface area contributed by atoms with E-state index in [1.807, 2.05) is 0 Å². The molecule has 0 unspecified atom stereocenters. The van der Waals surface area contributed by atoms with E-state index in [9.17, 15) is 0 Å². The van der Waals surface area contributed by atoms with Gasteiger partial charge in [-0.2, -0.15) is 0 Å². The lowest BCUT2D eigenvalue weighted by Crippen LogP contribution is -2.19. The van der Waals surface area contributed by atoms with Crippen molar-refractivity contribution in [2.24, 2.45) is 5.73 Å². The zero-order valence-corrected chi connectivity index (χ0v) is 12.2. The van der Waals surface area contributed by atoms with E-state index in [1.165, 1.54) is 45.0 Å². The highest BCUT2D eigenvalue weighted by Crippen LogP contribution is 2.46. The molecule has 0 spiro atoms. The maximum atomic E-state index is 6.37. The predicted octanol–water partition coefficient (Wildman–Crippen LogP) is 3.61. The van der Waals surface area contributed by atoms with Gasteiger partial charge in [-0.15, -0.1) is 0 Å². The molecule has 1 aromatic carbocycles. The Morgan fingerprint density at radius 3 is 2.83 bits per heavy atom. The Morgan fingerprint density at radius 1 is 1.33 bits per heavy atom. The summed E-state index contributed by atoms with van der Waals surface area (Å²) < 4.78 is 3.71. The first-order valence-corrected chi connectivity index (χ1v) is 7.50. The summed E-state index contributed by atoms with van der Waals surface area (Å²) in [7, 11) is 0. The van der Waals surface area contributed by atoms with Crippen LogP contribution in [-0.2, 0) is 18.5 Å². The fourth-order valence-corrected chi connectivity index (χ4v) is 3.79. The maximum Gasteiger partial charge on any atom is 0.0526 e. The molecule has 1 fully saturated rings. The van der Waals surface area contributed by atoms with Crippen LogP contribution in [0.2, 0.25) is 0 Å². The third-order valence-electron chi connectivity index (χ3n) is 4.61. The summed E-state index contributed by atoms with van der Waals surface area (Å²) in [5.74, 6) is 0. The summed E-state index contributed by atoms with van der Waals surface area (Å²) in [6.07, 6.45) is 4.70. The molecule has 1 aliphatic heterocycles. The molecule has 3 heteroatoms. The van der Waals surface area contributed by atoms with E-state index in [0.717, 1.165) is 19.4 Å². The number of nitrogens with two attached hydrogens (primary N) is 1. The molecule has 1 saturated carbocycles. The first kappa shape index (κ1) is 11.1. The number of aromatic nitrogens is 1. The Balaban J connectivity index is 2.09. The maximum absolute atomic E-state index is 6.37. The Morgan fingerprint density at radius 2 is 2.11 bits per heavy atom. The highest BCUT2D eigenvalue weighted by molar-refractivity contribution is 9.10. The molecule has 0 atom stereocenters. The Hall–Kier alpha value is -0.800. The molecule has 18 heavy (non-hydrogen) atoms. The highest BCUT2D eigenvalue weighted by Gasteiger charge is 2.40. The minimum absolute atomic E-state index is 0.0302. The Labute approximate surface area is 115 Å². The standard InChI is InChI=1S/C15H17BrN2/c1-9-13(16)12-8-11(15(17)4-5-15)7-10-3-2-6-18(9)14(10)12/h7-8H,2-6,17H2,1H3. The largest absolute Gasteiger partial charge is 0.343 e. The van der Waals surface area contributed by atoms with E-state index in [-0.39, 0.29) is 5.54 Å². The van der Waals surface area contributed by atoms with Crippen LogP contribution >= 0.6 is 15.9 Å². The molecule has 2 nitrogen and oxygen atoms in total. The second-order valence-electron chi connectivity index (χ2n) is 5.84. The number of hydrogen-bond donors (Lipinski definition) is 1. The molecule has 1 aromatic heterocycles. The SMILES string of the molecule is Cc1c(Br)c2cc(C3(N)CC3)cc3c2n1CCC3. The molecule has 2 aromatic rings. The average molecular weight is 305 g/mol. The molecule has 94 valence electrons. The molecular formula is C15H17BrN2. The van der Waals surface area contributed by atoms with E-state index < -0.39 is 0 Å². The van der Waals surface area contributed by atoms with Gasteiger partial charge < -0.3 is 10.3 Å². The van der Waals surface area contributed by atoms with Crippen LogP contribution in [0.3, 0.4) is 0 Å². The summed E-state index contributed by atoms with van der Waals surface area (Å²) in [6.45, 7) is 3.35. The average Bonchev–Trinajstić information content (AvgIpc) is 3.09. The van der Waals surface area contributed by atoms with Crippen LogP contribution in [0.25, 0.3) is 10.9 Å². The molecule has 2 heterocycles. The highest BCUT2D eigenvalue weighted by atomic mass is 79.9. The number of rotatable bonds is 1. The first-order chi connectivity index (χ1) is 8.60. The monoisotopic (exact) mass is 304 g/mol. The van der Waals surface area contributed by atoms with Crippen molar-refractivity contribution >= 4 is 26.8 Å². The van der Waals surface area contributed by atoms with Crippen molar-refractivity contribution < 1.29 is 0 Å². The molecule has 0 radical (unpaired) electrons. The topological polar surface area (TPSA) is 30.9 Å². The molecular weight excluding hydrogens is 288 g/mol. The summed E-state index contributed by atoms with van der Waals surface area (Å²) in [5, 5.41) is 1.36. The van der Waals surface area contributed by atoms with E-state index in [0.29, 0.717) is 0 Å². The normalized spacial score (nSPS) is 20.4. The molecule has 4 rings (SSSR count). The third kappa shape index (κ3) is 1.32. The van der Waals surface area contributed by atoms with Gasteiger partial charge in [0.2, 0.25) is 0 Å². The quantitative estimate of drug-likeness (QED) is 0.857. The summed E-state index contributed by atoms with van der Waals surface area (Å²) in [6, 6.07) is 4.67. The van der Waals surface area contributed by atoms with Gasteiger partial charge in [-0.25, -0.2) is 0 Å². The van der Waals surface area contributed by atoms with Gasteiger partial charge in [0.15, 0.2) is 0 Å². The van der Waals surface area contributed by atoms with Gasteiger partial charge in [-0.05, 0) is 65.7 Å². The lowest BCUT2D eigenvalue weighted by Gasteiger charge is -2.19. The number of nitrogens with zero attached hydrogens (tertiary/aromatic N) is 1. The van der Waals surface area contributed by atoms with Crippen molar-refractivity contribution in [1.29, 1.82) is 0 Å². The minimum atomic E-state index is -0.0302. The van der Waals surface area contributed by atoms with Crippen LogP contribution in [0, 0.1) is 6.92 Å². The number of hydrogen-bond acceptors (Lipinski definition) is 1. The first-order valence-electron chi connectivity index (χ1n) is 6.71. The van der Waals surface area contributed by atoms with Crippen LogP contribution < -0.4 is 5.73 Å². The number of aryl methyl sites for hydroxylation is 2. The van der Waals surface area contributed by atoms with Crippen molar-refractivity contribution in [3.8, 4) is 0 Å². The second-order valence-corrected chi connectivity index (χ2v) is 6.64. The van der Waals surface area contributed by atoms with Crippen LogP contribution in [0.5, 0.6) is 0 Å². The molecule has 0 amide bonds. The predicted molar refractivity (Wildman–Crippen MR) is 77.8 cm³/mol. The molecule has 2 N–H and O–H groups in total. The fraction of sp³-hybridized carbons (Fsp3) is 0.467. The minimum Gasteiger partial charge on any atom is -0.343 e. The van der Waals surface area contributed by atoms with E-state index >= 15 is 0 Å². The van der Waals surface area contributed by atoms with Gasteiger partial charge in [-0.3, -0.25) is 0 Å². The lowest BCUT2D eigenvalue weighted by atomic mass is 9.96. The zero-order valence-electron chi connectivity index (χ0n) is 10.6. The molecule has 1 aliphatic carbocycles. The summed E-state index contributed by atoms with van der Waals surface area (Å²) in [4.78, 5) is 0. The smallest absolute Gasteiger partial charge is 0.0526 e. The van der Waals surface area contributed by atoms with Crippen molar-refractivity contribution in [3.63, 3.8) is 0 Å². The van der Waals surface area contributed by atoms with Gasteiger partial charge in [-0.1, -0.05) is 6.07 Å². The van der Waals surface area contributed by atoms with E-state index in [1.54, 1.807) is 0 Å². The van der Waals surface area contributed by atoms with Crippen LogP contribution in [0.4, 0.5) is 0 Å². The Kier molecular flexibility index (Phi) is 2.09. The summed E-state index contributed by atoms with van der Waals surface area (Å²) in [5.41, 5.74) is 11.9.